The second-order valence-electron chi connectivity index (χ2n) is 7.69. The third-order valence-corrected chi connectivity index (χ3v) is 6.70. The van der Waals surface area contributed by atoms with Crippen LogP contribution in [0.4, 0.5) is 0 Å². The number of rotatable bonds is 4. The highest BCUT2D eigenvalue weighted by Gasteiger charge is 2.54. The van der Waals surface area contributed by atoms with Crippen LogP contribution < -0.4 is 0 Å². The molecule has 0 spiro atoms. The van der Waals surface area contributed by atoms with Crippen molar-refractivity contribution in [2.45, 2.75) is 23.7 Å². The summed E-state index contributed by atoms with van der Waals surface area (Å²) in [6.07, 6.45) is 0. The topological polar surface area (TPSA) is 51.6 Å². The molecule has 8 heteroatoms. The van der Waals surface area contributed by atoms with Crippen LogP contribution in [-0.4, -0.2) is 19.9 Å². The molecule has 2 heterocycles. The lowest BCUT2D eigenvalue weighted by molar-refractivity contribution is 0.220. The highest BCUT2D eigenvalue weighted by atomic mass is 35.5. The Morgan fingerprint density at radius 1 is 0.469 bits per heavy atom. The second-order valence-corrected chi connectivity index (χ2v) is 9.14. The molecule has 1 aliphatic carbocycles. The Morgan fingerprint density at radius 3 is 1.19 bits per heavy atom. The van der Waals surface area contributed by atoms with Crippen LogP contribution in [0.15, 0.2) is 72.8 Å². The molecule has 0 unspecified atom stereocenters. The Morgan fingerprint density at radius 2 is 0.844 bits per heavy atom. The standard InChI is InChI=1S/C24H16Cl4N4/c25-17-11-15(29-23(27)31-17)21-19(13-7-3-1-4-8-13)20(14-9-5-2-6-10-14)22(21)16-12-18(26)32-24(28)30-16/h1-12,19-22H/t19-,20+,21-,22-/m1/s1. The summed E-state index contributed by atoms with van der Waals surface area (Å²) in [5.74, 6) is 0.0848. The molecule has 4 atom stereocenters. The Kier molecular flexibility index (Phi) is 6.04. The molecule has 5 rings (SSSR count). The summed E-state index contributed by atoms with van der Waals surface area (Å²) in [7, 11) is 0. The molecule has 1 saturated carbocycles. The van der Waals surface area contributed by atoms with Gasteiger partial charge in [-0.05, 0) is 46.5 Å². The molecule has 0 amide bonds. The first-order chi connectivity index (χ1) is 15.5. The number of hydrogen-bond donors (Lipinski definition) is 0. The molecule has 0 aliphatic heterocycles. The number of benzene rings is 2. The molecule has 1 fully saturated rings. The quantitative estimate of drug-likeness (QED) is 0.217. The summed E-state index contributed by atoms with van der Waals surface area (Å²) in [6, 6.07) is 24.3. The van der Waals surface area contributed by atoms with Crippen molar-refractivity contribution in [3.63, 3.8) is 0 Å². The predicted molar refractivity (Wildman–Crippen MR) is 128 cm³/mol. The SMILES string of the molecule is Clc1cc([C@@H]2[C@H](c3ccccc3)[C@H](c3ccccc3)[C@H]2c2cc(Cl)nc(Cl)n2)nc(Cl)n1. The lowest BCUT2D eigenvalue weighted by atomic mass is 9.50. The number of halogens is 4. The molecule has 4 aromatic rings. The van der Waals surface area contributed by atoms with E-state index in [4.69, 9.17) is 46.4 Å². The van der Waals surface area contributed by atoms with E-state index in [1.165, 1.54) is 11.1 Å². The number of hydrogen-bond acceptors (Lipinski definition) is 4. The van der Waals surface area contributed by atoms with Crippen molar-refractivity contribution in [3.8, 4) is 0 Å². The molecule has 2 aromatic carbocycles. The van der Waals surface area contributed by atoms with Gasteiger partial charge in [0.25, 0.3) is 0 Å². The van der Waals surface area contributed by atoms with Gasteiger partial charge in [-0.15, -0.1) is 0 Å². The zero-order chi connectivity index (χ0) is 22.2. The lowest BCUT2D eigenvalue weighted by Crippen LogP contribution is -2.41. The molecule has 0 bridgehead atoms. The average Bonchev–Trinajstić information content (AvgIpc) is 2.73. The Balaban J connectivity index is 1.72. The summed E-state index contributed by atoms with van der Waals surface area (Å²) in [5, 5.41) is 0.819. The van der Waals surface area contributed by atoms with Gasteiger partial charge < -0.3 is 0 Å². The third-order valence-electron chi connectivity index (χ3n) is 5.97. The zero-order valence-corrected chi connectivity index (χ0v) is 19.6. The van der Waals surface area contributed by atoms with Gasteiger partial charge in [-0.3, -0.25) is 0 Å². The van der Waals surface area contributed by atoms with Crippen LogP contribution in [0.2, 0.25) is 20.9 Å². The van der Waals surface area contributed by atoms with E-state index in [0.717, 1.165) is 11.4 Å². The Bertz CT molecular complexity index is 1110. The fourth-order valence-electron chi connectivity index (χ4n) is 4.82. The molecular formula is C24H16Cl4N4. The molecule has 32 heavy (non-hydrogen) atoms. The van der Waals surface area contributed by atoms with Gasteiger partial charge in [0, 0.05) is 23.7 Å². The van der Waals surface area contributed by atoms with Crippen LogP contribution in [0.1, 0.15) is 46.2 Å². The Labute approximate surface area is 205 Å². The fraction of sp³-hybridized carbons (Fsp3) is 0.167. The summed E-state index contributed by atoms with van der Waals surface area (Å²) >= 11 is 24.9. The maximum Gasteiger partial charge on any atom is 0.224 e. The predicted octanol–water partition coefficient (Wildman–Crippen LogP) is 7.33. The van der Waals surface area contributed by atoms with Crippen molar-refractivity contribution in [2.75, 3.05) is 0 Å². The van der Waals surface area contributed by atoms with E-state index < -0.39 is 0 Å². The molecule has 160 valence electrons. The number of aromatic nitrogens is 4. The molecule has 0 N–H and O–H groups in total. The van der Waals surface area contributed by atoms with Crippen LogP contribution in [0.3, 0.4) is 0 Å². The molecule has 0 radical (unpaired) electrons. The first kappa shape index (κ1) is 21.6. The van der Waals surface area contributed by atoms with Crippen molar-refractivity contribution in [1.82, 2.24) is 19.9 Å². The van der Waals surface area contributed by atoms with E-state index >= 15 is 0 Å². The van der Waals surface area contributed by atoms with Gasteiger partial charge in [0.05, 0.1) is 11.4 Å². The van der Waals surface area contributed by atoms with E-state index in [9.17, 15) is 0 Å². The van der Waals surface area contributed by atoms with E-state index in [1.54, 1.807) is 12.1 Å². The summed E-state index contributed by atoms with van der Waals surface area (Å²) < 4.78 is 0. The van der Waals surface area contributed by atoms with Gasteiger partial charge in [-0.2, -0.15) is 0 Å². The first-order valence-electron chi connectivity index (χ1n) is 10.0. The Hall–Kier alpha value is -2.24. The van der Waals surface area contributed by atoms with Gasteiger partial charge in [0.1, 0.15) is 10.3 Å². The summed E-state index contributed by atoms with van der Waals surface area (Å²) in [4.78, 5) is 17.1. The molecule has 0 saturated heterocycles. The summed E-state index contributed by atoms with van der Waals surface area (Å²) in [6.45, 7) is 0. The van der Waals surface area contributed by atoms with Crippen molar-refractivity contribution in [1.29, 1.82) is 0 Å². The minimum absolute atomic E-state index is 0.0670. The molecule has 2 aromatic heterocycles. The maximum atomic E-state index is 6.26. The van der Waals surface area contributed by atoms with E-state index in [-0.39, 0.29) is 34.2 Å². The van der Waals surface area contributed by atoms with Gasteiger partial charge in [-0.1, -0.05) is 83.9 Å². The van der Waals surface area contributed by atoms with Crippen molar-refractivity contribution in [3.05, 3.63) is 116 Å². The van der Waals surface area contributed by atoms with E-state index in [1.807, 2.05) is 36.4 Å². The lowest BCUT2D eigenvalue weighted by Gasteiger charge is -2.52. The van der Waals surface area contributed by atoms with Crippen molar-refractivity contribution >= 4 is 46.4 Å². The van der Waals surface area contributed by atoms with Gasteiger partial charge in [0.2, 0.25) is 10.6 Å². The van der Waals surface area contributed by atoms with Gasteiger partial charge in [-0.25, -0.2) is 19.9 Å². The normalized spacial score (nSPS) is 22.4. The van der Waals surface area contributed by atoms with E-state index in [2.05, 4.69) is 44.2 Å². The second kappa shape index (κ2) is 8.95. The molecular weight excluding hydrogens is 486 g/mol. The largest absolute Gasteiger partial charge is 0.224 e. The highest BCUT2D eigenvalue weighted by Crippen LogP contribution is 2.66. The molecule has 1 aliphatic rings. The fourth-order valence-corrected chi connectivity index (χ4v) is 5.67. The average molecular weight is 502 g/mol. The minimum atomic E-state index is -0.0670. The minimum Gasteiger partial charge on any atom is -0.223 e. The highest BCUT2D eigenvalue weighted by molar-refractivity contribution is 6.32. The monoisotopic (exact) mass is 500 g/mol. The van der Waals surface area contributed by atoms with Gasteiger partial charge in [0.15, 0.2) is 0 Å². The summed E-state index contributed by atoms with van der Waals surface area (Å²) in [5.41, 5.74) is 3.90. The van der Waals surface area contributed by atoms with Crippen molar-refractivity contribution < 1.29 is 0 Å². The molecule has 4 nitrogen and oxygen atoms in total. The van der Waals surface area contributed by atoms with Crippen LogP contribution >= 0.6 is 46.4 Å². The smallest absolute Gasteiger partial charge is 0.223 e. The first-order valence-corrected chi connectivity index (χ1v) is 11.5. The maximum absolute atomic E-state index is 6.26. The van der Waals surface area contributed by atoms with Crippen LogP contribution in [-0.2, 0) is 0 Å². The zero-order valence-electron chi connectivity index (χ0n) is 16.5. The van der Waals surface area contributed by atoms with Gasteiger partial charge >= 0.3 is 0 Å². The van der Waals surface area contributed by atoms with E-state index in [0.29, 0.717) is 10.3 Å². The van der Waals surface area contributed by atoms with Crippen LogP contribution in [0.25, 0.3) is 0 Å². The van der Waals surface area contributed by atoms with Crippen LogP contribution in [0.5, 0.6) is 0 Å². The van der Waals surface area contributed by atoms with Crippen LogP contribution in [0, 0.1) is 0 Å². The number of nitrogens with zero attached hydrogens (tertiary/aromatic N) is 4. The third kappa shape index (κ3) is 4.08. The van der Waals surface area contributed by atoms with Crippen molar-refractivity contribution in [2.24, 2.45) is 0 Å².